The smallest absolute Gasteiger partial charge is 0.359 e. The molecule has 16 heavy (non-hydrogen) atoms. The minimum atomic E-state index is -0.524. The van der Waals surface area contributed by atoms with E-state index in [0.29, 0.717) is 5.56 Å². The lowest BCUT2D eigenvalue weighted by atomic mass is 10.2. The molecule has 0 bridgehead atoms. The number of esters is 1. The zero-order chi connectivity index (χ0) is 12.0. The lowest BCUT2D eigenvalue weighted by Crippen LogP contribution is -2.18. The third-order valence-corrected chi connectivity index (χ3v) is 1.70. The summed E-state index contributed by atoms with van der Waals surface area (Å²) in [6.07, 6.45) is 3.32. The summed E-state index contributed by atoms with van der Waals surface area (Å²) in [5.74, 6) is -0.524. The van der Waals surface area contributed by atoms with E-state index < -0.39 is 5.97 Å². The van der Waals surface area contributed by atoms with Crippen molar-refractivity contribution >= 4 is 28.5 Å². The molecule has 0 unspecified atom stereocenters. The Labute approximate surface area is 98.2 Å². The van der Waals surface area contributed by atoms with Crippen molar-refractivity contribution in [1.29, 1.82) is 0 Å². The first-order chi connectivity index (χ1) is 7.65. The van der Waals surface area contributed by atoms with Gasteiger partial charge >= 0.3 is 5.97 Å². The molecule has 5 nitrogen and oxygen atoms in total. The lowest BCUT2D eigenvalue weighted by Gasteiger charge is -2.01. The normalized spacial score (nSPS) is 12.7. The van der Waals surface area contributed by atoms with Crippen LogP contribution in [-0.2, 0) is 9.53 Å². The maximum Gasteiger partial charge on any atom is 0.359 e. The van der Waals surface area contributed by atoms with Crippen molar-refractivity contribution in [3.63, 3.8) is 0 Å². The largest absolute Gasteiger partial charge is 0.461 e. The van der Waals surface area contributed by atoms with Crippen molar-refractivity contribution in [2.75, 3.05) is 6.61 Å². The number of nitrogens with zero attached hydrogens (tertiary/aromatic N) is 2. The van der Waals surface area contributed by atoms with E-state index in [2.05, 4.69) is 15.2 Å². The van der Waals surface area contributed by atoms with Gasteiger partial charge in [0.05, 0.1) is 6.61 Å². The highest BCUT2D eigenvalue weighted by molar-refractivity contribution is 6.64. The Hall–Kier alpha value is -1.62. The average molecular weight is 242 g/mol. The monoisotopic (exact) mass is 241 g/mol. The highest BCUT2D eigenvalue weighted by Gasteiger charge is 2.15. The summed E-state index contributed by atoms with van der Waals surface area (Å²) in [6.45, 7) is 3.58. The first-order valence-corrected chi connectivity index (χ1v) is 5.11. The molecule has 1 aromatic heterocycles. The zero-order valence-electron chi connectivity index (χ0n) is 9.03. The van der Waals surface area contributed by atoms with Gasteiger partial charge < -0.3 is 9.72 Å². The molecular weight excluding hydrogens is 230 g/mol. The molecule has 0 radical (unpaired) electrons. The number of nitrogens with one attached hydrogen (secondary N) is 1. The van der Waals surface area contributed by atoms with E-state index in [9.17, 15) is 4.79 Å². The van der Waals surface area contributed by atoms with Gasteiger partial charge in [0.15, 0.2) is 5.71 Å². The maximum atomic E-state index is 11.6. The van der Waals surface area contributed by atoms with Crippen LogP contribution < -0.4 is 0 Å². The van der Waals surface area contributed by atoms with Gasteiger partial charge in [-0.25, -0.2) is 4.79 Å². The fraction of sp³-hybridized carbons (Fsp3) is 0.300. The van der Waals surface area contributed by atoms with E-state index in [1.54, 1.807) is 32.3 Å². The van der Waals surface area contributed by atoms with E-state index in [0.717, 1.165) is 0 Å². The molecule has 86 valence electrons. The molecule has 1 aromatic rings. The van der Waals surface area contributed by atoms with Crippen molar-refractivity contribution in [2.24, 2.45) is 10.2 Å². The fourth-order valence-corrected chi connectivity index (χ4v) is 1.04. The first-order valence-electron chi connectivity index (χ1n) is 4.73. The third-order valence-electron chi connectivity index (χ3n) is 1.63. The number of H-pyrrole nitrogens is 1. The van der Waals surface area contributed by atoms with Crippen molar-refractivity contribution in [1.82, 2.24) is 4.98 Å². The van der Waals surface area contributed by atoms with Crippen LogP contribution in [0.25, 0.3) is 0 Å². The van der Waals surface area contributed by atoms with Gasteiger partial charge in [-0.15, -0.1) is 10.2 Å². The summed E-state index contributed by atoms with van der Waals surface area (Å²) < 4.78 is 4.86. The lowest BCUT2D eigenvalue weighted by molar-refractivity contribution is -0.134. The second-order valence-electron chi connectivity index (χ2n) is 2.87. The minimum absolute atomic E-state index is 0.128. The van der Waals surface area contributed by atoms with Crippen LogP contribution in [0.3, 0.4) is 0 Å². The van der Waals surface area contributed by atoms with Crippen LogP contribution in [0.1, 0.15) is 19.4 Å². The fourth-order valence-electron chi connectivity index (χ4n) is 1.01. The van der Waals surface area contributed by atoms with Crippen LogP contribution >= 0.6 is 11.6 Å². The number of rotatable bonds is 4. The topological polar surface area (TPSA) is 66.8 Å². The Balaban J connectivity index is 2.99. The molecule has 0 spiro atoms. The molecule has 0 aliphatic carbocycles. The average Bonchev–Trinajstić information content (AvgIpc) is 2.71. The molecular formula is C10H12ClN3O2. The van der Waals surface area contributed by atoms with Crippen molar-refractivity contribution < 1.29 is 9.53 Å². The molecule has 1 N–H and O–H groups in total. The van der Waals surface area contributed by atoms with Gasteiger partial charge in [-0.2, -0.15) is 0 Å². The van der Waals surface area contributed by atoms with Gasteiger partial charge in [0.1, 0.15) is 5.17 Å². The number of ether oxygens (including phenoxy) is 1. The second kappa shape index (κ2) is 6.07. The molecule has 0 fully saturated rings. The first kappa shape index (κ1) is 12.4. The molecule has 1 rings (SSSR count). The highest BCUT2D eigenvalue weighted by atomic mass is 35.5. The summed E-state index contributed by atoms with van der Waals surface area (Å²) in [5.41, 5.74) is 0.739. The maximum absolute atomic E-state index is 11.6. The van der Waals surface area contributed by atoms with Gasteiger partial charge in [0, 0.05) is 18.0 Å². The summed E-state index contributed by atoms with van der Waals surface area (Å²) >= 11 is 5.55. The van der Waals surface area contributed by atoms with Crippen LogP contribution in [0.5, 0.6) is 0 Å². The van der Waals surface area contributed by atoms with E-state index >= 15 is 0 Å². The van der Waals surface area contributed by atoms with Crippen LogP contribution in [-0.4, -0.2) is 28.4 Å². The van der Waals surface area contributed by atoms with Crippen molar-refractivity contribution in [2.45, 2.75) is 13.8 Å². The van der Waals surface area contributed by atoms with Crippen LogP contribution in [0.4, 0.5) is 0 Å². The summed E-state index contributed by atoms with van der Waals surface area (Å²) in [7, 11) is 0. The van der Waals surface area contributed by atoms with E-state index in [1.807, 2.05) is 0 Å². The van der Waals surface area contributed by atoms with Crippen LogP contribution in [0.2, 0.25) is 0 Å². The molecule has 0 amide bonds. The predicted molar refractivity (Wildman–Crippen MR) is 62.9 cm³/mol. The Kier molecular flexibility index (Phi) is 4.72. The van der Waals surface area contributed by atoms with E-state index in [1.165, 1.54) is 0 Å². The molecule has 0 aliphatic heterocycles. The number of halogens is 1. The van der Waals surface area contributed by atoms with Crippen molar-refractivity contribution in [3.8, 4) is 0 Å². The number of hydrogen-bond donors (Lipinski definition) is 1. The standard InChI is InChI=1S/C10H12ClN3O2/c1-3-16-10(15)9(14-13-7(2)11)8-4-5-12-6-8/h4-6,12H,3H2,1-2H3/b13-7+,14-9+. The number of carbonyl (C=O) groups excluding carboxylic acids is 1. The number of aromatic amines is 1. The van der Waals surface area contributed by atoms with Gasteiger partial charge in [-0.1, -0.05) is 11.6 Å². The molecule has 0 aromatic carbocycles. The van der Waals surface area contributed by atoms with E-state index in [-0.39, 0.29) is 17.5 Å². The zero-order valence-corrected chi connectivity index (χ0v) is 9.78. The van der Waals surface area contributed by atoms with Crippen molar-refractivity contribution in [3.05, 3.63) is 24.0 Å². The van der Waals surface area contributed by atoms with Crippen LogP contribution in [0.15, 0.2) is 28.7 Å². The number of carbonyl (C=O) groups is 1. The third kappa shape index (κ3) is 3.51. The Morgan fingerprint density at radius 3 is 2.81 bits per heavy atom. The second-order valence-corrected chi connectivity index (χ2v) is 3.41. The van der Waals surface area contributed by atoms with Crippen LogP contribution in [0, 0.1) is 0 Å². The minimum Gasteiger partial charge on any atom is -0.461 e. The molecule has 0 aliphatic rings. The molecule has 0 atom stereocenters. The highest BCUT2D eigenvalue weighted by Crippen LogP contribution is 2.03. The summed E-state index contributed by atoms with van der Waals surface area (Å²) in [5, 5.41) is 7.65. The predicted octanol–water partition coefficient (Wildman–Crippen LogP) is 1.94. The Morgan fingerprint density at radius 2 is 2.31 bits per heavy atom. The SMILES string of the molecule is CCOC(=O)/C(=N/N=C(\C)Cl)c1cc[nH]c1. The Bertz CT molecular complexity index is 406. The van der Waals surface area contributed by atoms with E-state index in [4.69, 9.17) is 16.3 Å². The molecule has 0 saturated carbocycles. The van der Waals surface area contributed by atoms with Gasteiger partial charge in [0.2, 0.25) is 0 Å². The van der Waals surface area contributed by atoms with Gasteiger partial charge in [-0.3, -0.25) is 0 Å². The van der Waals surface area contributed by atoms with Gasteiger partial charge in [-0.05, 0) is 19.9 Å². The number of hydrogen-bond acceptors (Lipinski definition) is 4. The quantitative estimate of drug-likeness (QED) is 0.497. The summed E-state index contributed by atoms with van der Waals surface area (Å²) in [6, 6.07) is 1.70. The number of aromatic nitrogens is 1. The Morgan fingerprint density at radius 1 is 1.56 bits per heavy atom. The van der Waals surface area contributed by atoms with Gasteiger partial charge in [0.25, 0.3) is 0 Å². The molecule has 6 heteroatoms. The summed E-state index contributed by atoms with van der Waals surface area (Å²) in [4.78, 5) is 14.4. The molecule has 1 heterocycles. The molecule has 0 saturated heterocycles.